The van der Waals surface area contributed by atoms with Gasteiger partial charge in [0.25, 0.3) is 0 Å². The first kappa shape index (κ1) is 31.4. The van der Waals surface area contributed by atoms with Gasteiger partial charge in [0.1, 0.15) is 12.1 Å². The highest BCUT2D eigenvalue weighted by atomic mass is 16.4. The van der Waals surface area contributed by atoms with E-state index in [9.17, 15) is 9.59 Å². The van der Waals surface area contributed by atoms with Crippen LogP contribution in [0.25, 0.3) is 0 Å². The quantitative estimate of drug-likeness (QED) is 0.220. The molecule has 0 saturated heterocycles. The highest BCUT2D eigenvalue weighted by Crippen LogP contribution is 2.01. The van der Waals surface area contributed by atoms with Gasteiger partial charge in [0.2, 0.25) is 0 Å². The molecule has 0 aliphatic carbocycles. The molecule has 1 unspecified atom stereocenters. The molecule has 0 saturated carbocycles. The summed E-state index contributed by atoms with van der Waals surface area (Å²) in [5.74, 6) is -1.52. The van der Waals surface area contributed by atoms with E-state index in [1.54, 1.807) is 0 Å². The number of aliphatic hydroxyl groups is 5. The summed E-state index contributed by atoms with van der Waals surface area (Å²) in [5.41, 5.74) is 9.79. The van der Waals surface area contributed by atoms with Crippen LogP contribution >= 0.6 is 0 Å². The van der Waals surface area contributed by atoms with Crippen LogP contribution in [0.4, 0.5) is 0 Å². The molecule has 0 amide bonds. The van der Waals surface area contributed by atoms with E-state index in [2.05, 4.69) is 5.73 Å². The van der Waals surface area contributed by atoms with Crippen molar-refractivity contribution in [1.82, 2.24) is 0 Å². The predicted octanol–water partition coefficient (Wildman–Crippen LogP) is -2.83. The molecule has 0 fully saturated rings. The third kappa shape index (κ3) is 45.0. The molecule has 0 aromatic rings. The Morgan fingerprint density at radius 2 is 1.24 bits per heavy atom. The van der Waals surface area contributed by atoms with Gasteiger partial charge in [0, 0.05) is 0 Å². The Morgan fingerprint density at radius 1 is 0.920 bits per heavy atom. The van der Waals surface area contributed by atoms with Crippen LogP contribution in [0.2, 0.25) is 0 Å². The SMILES string of the molecule is CC(C)C[C@H](N)C(=O)O.CC(O)CO.NCC(=O)O.OCC(O)CO. The fourth-order valence-corrected chi connectivity index (χ4v) is 0.666. The average molecular weight is 374 g/mol. The van der Waals surface area contributed by atoms with Crippen molar-refractivity contribution in [2.45, 2.75) is 45.4 Å². The second-order valence-electron chi connectivity index (χ2n) is 5.22. The van der Waals surface area contributed by atoms with Gasteiger partial charge < -0.3 is 47.2 Å². The minimum atomic E-state index is -0.968. The maximum atomic E-state index is 10.1. The highest BCUT2D eigenvalue weighted by Gasteiger charge is 2.11. The molecule has 0 aromatic carbocycles. The Labute approximate surface area is 147 Å². The molecule has 2 atom stereocenters. The zero-order valence-electron chi connectivity index (χ0n) is 14.9. The molecule has 0 spiro atoms. The number of carboxylic acids is 2. The van der Waals surface area contributed by atoms with Crippen molar-refractivity contribution in [2.24, 2.45) is 17.4 Å². The average Bonchev–Trinajstić information content (AvgIpc) is 2.54. The summed E-state index contributed by atoms with van der Waals surface area (Å²) < 4.78 is 0. The van der Waals surface area contributed by atoms with Crippen molar-refractivity contribution in [3.05, 3.63) is 0 Å². The van der Waals surface area contributed by atoms with Gasteiger partial charge in [-0.3, -0.25) is 9.59 Å². The molecule has 0 aromatic heterocycles. The van der Waals surface area contributed by atoms with E-state index in [-0.39, 0.29) is 26.4 Å². The number of nitrogens with two attached hydrogens (primary N) is 2. The highest BCUT2D eigenvalue weighted by molar-refractivity contribution is 5.72. The third-order valence-electron chi connectivity index (χ3n) is 1.90. The molecule has 0 bridgehead atoms. The van der Waals surface area contributed by atoms with Gasteiger partial charge in [-0.1, -0.05) is 13.8 Å². The van der Waals surface area contributed by atoms with Crippen LogP contribution in [-0.2, 0) is 9.59 Å². The largest absolute Gasteiger partial charge is 0.480 e. The Bertz CT molecular complexity index is 298. The van der Waals surface area contributed by atoms with Crippen LogP contribution in [0, 0.1) is 5.92 Å². The fraction of sp³-hybridized carbons (Fsp3) is 0.857. The molecule has 0 heterocycles. The van der Waals surface area contributed by atoms with Crippen LogP contribution < -0.4 is 11.5 Å². The van der Waals surface area contributed by atoms with Gasteiger partial charge >= 0.3 is 11.9 Å². The standard InChI is InChI=1S/C6H13NO2.C3H8O3.C3H8O2.C2H5NO2/c1-4(2)3-5(7)6(8)9;4-1-3(6)2-5;1-3(5)2-4;3-1-2(4)5/h4-5H,3,7H2,1-2H3,(H,8,9);3-6H,1-2H2;3-5H,2H2,1H3;1,3H2,(H,4,5)/t5-;;;/m0.../s1. The third-order valence-corrected chi connectivity index (χ3v) is 1.90. The molecule has 25 heavy (non-hydrogen) atoms. The van der Waals surface area contributed by atoms with Gasteiger partial charge in [0.15, 0.2) is 0 Å². The predicted molar refractivity (Wildman–Crippen MR) is 90.7 cm³/mol. The number of carboxylic acid groups (broad SMARTS) is 2. The van der Waals surface area contributed by atoms with Gasteiger partial charge in [-0.2, -0.15) is 0 Å². The summed E-state index contributed by atoms with van der Waals surface area (Å²) in [7, 11) is 0. The van der Waals surface area contributed by atoms with Crippen LogP contribution in [-0.4, -0.2) is 92.3 Å². The molecular formula is C14H34N2O9. The van der Waals surface area contributed by atoms with Crippen molar-refractivity contribution < 1.29 is 45.3 Å². The number of carbonyl (C=O) groups is 2. The lowest BCUT2D eigenvalue weighted by molar-refractivity contribution is -0.139. The number of aliphatic carboxylic acids is 2. The monoisotopic (exact) mass is 374 g/mol. The summed E-state index contributed by atoms with van der Waals surface area (Å²) in [5, 5.41) is 55.9. The number of hydrogen-bond acceptors (Lipinski definition) is 9. The molecule has 154 valence electrons. The van der Waals surface area contributed by atoms with Crippen molar-refractivity contribution in [3.8, 4) is 0 Å². The number of hydrogen-bond donors (Lipinski definition) is 9. The first-order valence-corrected chi connectivity index (χ1v) is 7.48. The molecule has 11 heteroatoms. The van der Waals surface area contributed by atoms with Gasteiger partial charge in [0.05, 0.1) is 32.5 Å². The Balaban J connectivity index is -0.000000122. The maximum absolute atomic E-state index is 10.1. The van der Waals surface area contributed by atoms with Crippen molar-refractivity contribution in [2.75, 3.05) is 26.4 Å². The first-order valence-electron chi connectivity index (χ1n) is 7.48. The Morgan fingerprint density at radius 3 is 1.28 bits per heavy atom. The maximum Gasteiger partial charge on any atom is 0.320 e. The summed E-state index contributed by atoms with van der Waals surface area (Å²) in [6.07, 6.45) is -0.963. The number of rotatable bonds is 7. The topological polar surface area (TPSA) is 228 Å². The van der Waals surface area contributed by atoms with Crippen LogP contribution in [0.1, 0.15) is 27.2 Å². The van der Waals surface area contributed by atoms with E-state index in [0.29, 0.717) is 12.3 Å². The number of aliphatic hydroxyl groups excluding tert-OH is 5. The molecule has 0 rings (SSSR count). The Hall–Kier alpha value is -1.34. The van der Waals surface area contributed by atoms with E-state index in [4.69, 9.17) is 41.5 Å². The lowest BCUT2D eigenvalue weighted by Gasteiger charge is -2.07. The van der Waals surface area contributed by atoms with E-state index in [1.807, 2.05) is 13.8 Å². The minimum Gasteiger partial charge on any atom is -0.480 e. The van der Waals surface area contributed by atoms with E-state index in [1.165, 1.54) is 6.92 Å². The smallest absolute Gasteiger partial charge is 0.320 e. The molecule has 0 aliphatic heterocycles. The van der Waals surface area contributed by atoms with Crippen molar-refractivity contribution >= 4 is 11.9 Å². The lowest BCUT2D eigenvalue weighted by atomic mass is 10.1. The van der Waals surface area contributed by atoms with E-state index in [0.717, 1.165) is 0 Å². The second-order valence-corrected chi connectivity index (χ2v) is 5.22. The molecule has 11 N–H and O–H groups in total. The molecule has 0 radical (unpaired) electrons. The molecule has 0 aliphatic rings. The summed E-state index contributed by atoms with van der Waals surface area (Å²) in [6.45, 7) is 4.28. The van der Waals surface area contributed by atoms with Crippen molar-refractivity contribution in [3.63, 3.8) is 0 Å². The summed E-state index contributed by atoms with van der Waals surface area (Å²) in [4.78, 5) is 19.4. The normalized spacial score (nSPS) is 11.8. The van der Waals surface area contributed by atoms with Crippen LogP contribution in [0.5, 0.6) is 0 Å². The fourth-order valence-electron chi connectivity index (χ4n) is 0.666. The van der Waals surface area contributed by atoms with Gasteiger partial charge in [-0.15, -0.1) is 0 Å². The summed E-state index contributed by atoms with van der Waals surface area (Å²) >= 11 is 0. The van der Waals surface area contributed by atoms with Crippen LogP contribution in [0.3, 0.4) is 0 Å². The van der Waals surface area contributed by atoms with Crippen molar-refractivity contribution in [1.29, 1.82) is 0 Å². The zero-order chi connectivity index (χ0) is 21.0. The van der Waals surface area contributed by atoms with E-state index >= 15 is 0 Å². The summed E-state index contributed by atoms with van der Waals surface area (Å²) in [6, 6.07) is -0.690. The van der Waals surface area contributed by atoms with E-state index < -0.39 is 30.2 Å². The minimum absolute atomic E-state index is 0.139. The Kier molecular flexibility index (Phi) is 28.5. The first-order chi connectivity index (χ1) is 11.4. The zero-order valence-corrected chi connectivity index (χ0v) is 14.9. The van der Waals surface area contributed by atoms with Gasteiger partial charge in [-0.25, -0.2) is 0 Å². The van der Waals surface area contributed by atoms with Crippen LogP contribution in [0.15, 0.2) is 0 Å². The molecule has 11 nitrogen and oxygen atoms in total. The lowest BCUT2D eigenvalue weighted by Crippen LogP contribution is -2.31. The van der Waals surface area contributed by atoms with Gasteiger partial charge in [-0.05, 0) is 19.3 Å². The molecular weight excluding hydrogens is 340 g/mol. The second kappa shape index (κ2) is 22.7.